The number of benzene rings is 3. The maximum absolute atomic E-state index is 12.9. The van der Waals surface area contributed by atoms with E-state index < -0.39 is 0 Å². The molecule has 1 fully saturated rings. The van der Waals surface area contributed by atoms with Crippen LogP contribution in [0.4, 0.5) is 21.9 Å². The monoisotopic (exact) mass is 455 g/mol. The van der Waals surface area contributed by atoms with Gasteiger partial charge in [0.1, 0.15) is 5.69 Å². The molecule has 2 N–H and O–H groups in total. The summed E-state index contributed by atoms with van der Waals surface area (Å²) in [5.41, 5.74) is 3.90. The Bertz CT molecular complexity index is 1310. The standard InChI is InChI=1S/C26H25N5O3/c1-33-25-21-10-6-5-9-20(21)24(29-30-25)18-11-12-23(31-13-15-34-16-14-31)22(17-18)28-26(32)27-19-7-3-2-4-8-19/h2-12,17H,13-16H2,1H3,(H2,27,28,32). The van der Waals surface area contributed by atoms with Gasteiger partial charge in [-0.3, -0.25) is 0 Å². The summed E-state index contributed by atoms with van der Waals surface area (Å²) in [6, 6.07) is 22.9. The number of ether oxygens (including phenoxy) is 2. The van der Waals surface area contributed by atoms with E-state index in [1.165, 1.54) is 0 Å². The average Bonchev–Trinajstić information content (AvgIpc) is 2.89. The van der Waals surface area contributed by atoms with Crippen LogP contribution in [0.1, 0.15) is 0 Å². The van der Waals surface area contributed by atoms with Crippen molar-refractivity contribution in [2.45, 2.75) is 0 Å². The lowest BCUT2D eigenvalue weighted by molar-refractivity contribution is 0.123. The highest BCUT2D eigenvalue weighted by Crippen LogP contribution is 2.35. The molecule has 4 aromatic rings. The molecule has 1 aliphatic rings. The van der Waals surface area contributed by atoms with Crippen molar-refractivity contribution in [1.29, 1.82) is 0 Å². The topological polar surface area (TPSA) is 88.6 Å². The van der Waals surface area contributed by atoms with Crippen molar-refractivity contribution in [2.75, 3.05) is 48.9 Å². The van der Waals surface area contributed by atoms with E-state index >= 15 is 0 Å². The van der Waals surface area contributed by atoms with Crippen molar-refractivity contribution < 1.29 is 14.3 Å². The van der Waals surface area contributed by atoms with Crippen LogP contribution in [0.2, 0.25) is 0 Å². The lowest BCUT2D eigenvalue weighted by Crippen LogP contribution is -2.37. The predicted octanol–water partition coefficient (Wildman–Crippen LogP) is 4.79. The van der Waals surface area contributed by atoms with E-state index in [2.05, 4.69) is 25.7 Å². The molecule has 2 amide bonds. The molecule has 5 rings (SSSR count). The minimum Gasteiger partial charge on any atom is -0.479 e. The molecule has 8 nitrogen and oxygen atoms in total. The Hall–Kier alpha value is -4.17. The number of aromatic nitrogens is 2. The van der Waals surface area contributed by atoms with Gasteiger partial charge in [0.25, 0.3) is 0 Å². The zero-order valence-corrected chi connectivity index (χ0v) is 18.8. The van der Waals surface area contributed by atoms with Crippen LogP contribution in [-0.4, -0.2) is 49.6 Å². The number of rotatable bonds is 5. The largest absolute Gasteiger partial charge is 0.479 e. The second-order valence-electron chi connectivity index (χ2n) is 7.88. The molecule has 0 spiro atoms. The third-order valence-corrected chi connectivity index (χ3v) is 5.75. The molecule has 172 valence electrons. The van der Waals surface area contributed by atoms with Gasteiger partial charge in [-0.1, -0.05) is 42.5 Å². The van der Waals surface area contributed by atoms with Gasteiger partial charge >= 0.3 is 6.03 Å². The van der Waals surface area contributed by atoms with Crippen LogP contribution in [0, 0.1) is 0 Å². The Morgan fingerprint density at radius 1 is 0.912 bits per heavy atom. The van der Waals surface area contributed by atoms with Crippen molar-refractivity contribution in [2.24, 2.45) is 0 Å². The molecule has 1 saturated heterocycles. The number of hydrogen-bond acceptors (Lipinski definition) is 6. The summed E-state index contributed by atoms with van der Waals surface area (Å²) in [5.74, 6) is 0.477. The number of hydrogen-bond donors (Lipinski definition) is 2. The number of morpholine rings is 1. The van der Waals surface area contributed by atoms with Crippen LogP contribution in [0.5, 0.6) is 5.88 Å². The van der Waals surface area contributed by atoms with Gasteiger partial charge in [0.05, 0.1) is 31.7 Å². The lowest BCUT2D eigenvalue weighted by atomic mass is 10.0. The third kappa shape index (κ3) is 4.49. The highest BCUT2D eigenvalue weighted by molar-refractivity contribution is 6.03. The highest BCUT2D eigenvalue weighted by atomic mass is 16.5. The van der Waals surface area contributed by atoms with Crippen molar-refractivity contribution >= 4 is 33.9 Å². The minimum absolute atomic E-state index is 0.316. The van der Waals surface area contributed by atoms with Gasteiger partial charge in [0.15, 0.2) is 0 Å². The number of nitrogens with zero attached hydrogens (tertiary/aromatic N) is 3. The molecule has 0 radical (unpaired) electrons. The van der Waals surface area contributed by atoms with Crippen LogP contribution in [0.15, 0.2) is 72.8 Å². The van der Waals surface area contributed by atoms with Gasteiger partial charge in [-0.2, -0.15) is 0 Å². The predicted molar refractivity (Wildman–Crippen MR) is 134 cm³/mol. The van der Waals surface area contributed by atoms with E-state index in [9.17, 15) is 4.79 Å². The van der Waals surface area contributed by atoms with Crippen LogP contribution >= 0.6 is 0 Å². The Balaban J connectivity index is 1.54. The number of anilines is 3. The Morgan fingerprint density at radius 2 is 1.65 bits per heavy atom. The fourth-order valence-electron chi connectivity index (χ4n) is 4.11. The molecular formula is C26H25N5O3. The molecular weight excluding hydrogens is 430 g/mol. The average molecular weight is 456 g/mol. The number of carbonyl (C=O) groups is 1. The quantitative estimate of drug-likeness (QED) is 0.450. The smallest absolute Gasteiger partial charge is 0.323 e. The number of carbonyl (C=O) groups excluding carboxylic acids is 1. The van der Waals surface area contributed by atoms with Gasteiger partial charge < -0.3 is 25.0 Å². The molecule has 3 aromatic carbocycles. The molecule has 2 heterocycles. The van der Waals surface area contributed by atoms with E-state index in [-0.39, 0.29) is 6.03 Å². The van der Waals surface area contributed by atoms with Crippen molar-refractivity contribution in [1.82, 2.24) is 10.2 Å². The van der Waals surface area contributed by atoms with Crippen LogP contribution in [0.3, 0.4) is 0 Å². The summed E-state index contributed by atoms with van der Waals surface area (Å²) in [6.07, 6.45) is 0. The fraction of sp³-hybridized carbons (Fsp3) is 0.192. The van der Waals surface area contributed by atoms with E-state index in [0.29, 0.717) is 24.8 Å². The first-order valence-corrected chi connectivity index (χ1v) is 11.1. The van der Waals surface area contributed by atoms with E-state index in [1.54, 1.807) is 7.11 Å². The number of urea groups is 1. The third-order valence-electron chi connectivity index (χ3n) is 5.75. The van der Waals surface area contributed by atoms with Crippen molar-refractivity contribution in [3.63, 3.8) is 0 Å². The normalized spacial score (nSPS) is 13.5. The lowest BCUT2D eigenvalue weighted by Gasteiger charge is -2.30. The molecule has 0 bridgehead atoms. The maximum Gasteiger partial charge on any atom is 0.323 e. The van der Waals surface area contributed by atoms with Crippen molar-refractivity contribution in [3.8, 4) is 17.1 Å². The number of methoxy groups -OCH3 is 1. The van der Waals surface area contributed by atoms with E-state index in [4.69, 9.17) is 9.47 Å². The van der Waals surface area contributed by atoms with Crippen LogP contribution < -0.4 is 20.3 Å². The first kappa shape index (κ1) is 21.7. The van der Waals surface area contributed by atoms with E-state index in [0.717, 1.165) is 46.5 Å². The highest BCUT2D eigenvalue weighted by Gasteiger charge is 2.19. The molecule has 0 unspecified atom stereocenters. The van der Waals surface area contributed by atoms with Gasteiger partial charge in [-0.25, -0.2) is 4.79 Å². The number of amides is 2. The second-order valence-corrected chi connectivity index (χ2v) is 7.88. The Labute approximate surface area is 197 Å². The van der Waals surface area contributed by atoms with Crippen LogP contribution in [-0.2, 0) is 4.74 Å². The van der Waals surface area contributed by atoms with Gasteiger partial charge in [-0.15, -0.1) is 10.2 Å². The maximum atomic E-state index is 12.9. The molecule has 0 aliphatic carbocycles. The summed E-state index contributed by atoms with van der Waals surface area (Å²) in [6.45, 7) is 2.79. The molecule has 1 aliphatic heterocycles. The zero-order valence-electron chi connectivity index (χ0n) is 18.8. The summed E-state index contributed by atoms with van der Waals surface area (Å²) >= 11 is 0. The zero-order chi connectivity index (χ0) is 23.3. The fourth-order valence-corrected chi connectivity index (χ4v) is 4.11. The first-order valence-electron chi connectivity index (χ1n) is 11.1. The van der Waals surface area contributed by atoms with Gasteiger partial charge in [-0.05, 0) is 30.3 Å². The SMILES string of the molecule is COc1nnc(-c2ccc(N3CCOCC3)c(NC(=O)Nc3ccccc3)c2)c2ccccc12. The summed E-state index contributed by atoms with van der Waals surface area (Å²) < 4.78 is 10.9. The van der Waals surface area contributed by atoms with Gasteiger partial charge in [0.2, 0.25) is 5.88 Å². The molecule has 1 aromatic heterocycles. The number of nitrogens with one attached hydrogen (secondary N) is 2. The first-order chi connectivity index (χ1) is 16.7. The molecule has 0 saturated carbocycles. The minimum atomic E-state index is -0.316. The number of para-hydroxylation sites is 1. The van der Waals surface area contributed by atoms with Crippen molar-refractivity contribution in [3.05, 3.63) is 72.8 Å². The summed E-state index contributed by atoms with van der Waals surface area (Å²) in [4.78, 5) is 15.1. The molecule has 0 atom stereocenters. The number of fused-ring (bicyclic) bond motifs is 1. The summed E-state index contributed by atoms with van der Waals surface area (Å²) in [7, 11) is 1.58. The van der Waals surface area contributed by atoms with Gasteiger partial charge in [0, 0.05) is 35.1 Å². The Kier molecular flexibility index (Phi) is 6.22. The summed E-state index contributed by atoms with van der Waals surface area (Å²) in [5, 5.41) is 16.4. The van der Waals surface area contributed by atoms with Crippen LogP contribution in [0.25, 0.3) is 22.0 Å². The Morgan fingerprint density at radius 3 is 2.41 bits per heavy atom. The second kappa shape index (κ2) is 9.76. The molecule has 34 heavy (non-hydrogen) atoms. The van der Waals surface area contributed by atoms with E-state index in [1.807, 2.05) is 72.8 Å². The molecule has 8 heteroatoms.